The molecule has 5 nitrogen and oxygen atoms in total. The monoisotopic (exact) mass is 360 g/mol. The molecule has 1 aromatic heterocycles. The fraction of sp³-hybridized carbons (Fsp3) is 0.333. The molecule has 0 N–H and O–H groups in total. The number of imidazole rings is 1. The zero-order chi connectivity index (χ0) is 13.1. The summed E-state index contributed by atoms with van der Waals surface area (Å²) in [5.74, 6) is -0.339. The SMILES string of the molecule is COCCn1cnc2c(I)cc(C(=O)OC)cc21. The van der Waals surface area contributed by atoms with E-state index in [2.05, 4.69) is 27.6 Å². The van der Waals surface area contributed by atoms with Gasteiger partial charge in [0.1, 0.15) is 5.52 Å². The average Bonchev–Trinajstić information content (AvgIpc) is 2.79. The van der Waals surface area contributed by atoms with E-state index in [9.17, 15) is 4.79 Å². The summed E-state index contributed by atoms with van der Waals surface area (Å²) in [5, 5.41) is 0. The van der Waals surface area contributed by atoms with E-state index < -0.39 is 0 Å². The molecule has 0 saturated carbocycles. The molecule has 1 aromatic carbocycles. The molecule has 96 valence electrons. The number of benzene rings is 1. The standard InChI is InChI=1S/C12H13IN2O3/c1-17-4-3-15-7-14-11-9(13)5-8(6-10(11)15)12(16)18-2/h5-7H,3-4H2,1-2H3. The van der Waals surface area contributed by atoms with Crippen LogP contribution >= 0.6 is 22.6 Å². The summed E-state index contributed by atoms with van der Waals surface area (Å²) in [4.78, 5) is 15.9. The van der Waals surface area contributed by atoms with Crippen LogP contribution in [-0.4, -0.2) is 36.3 Å². The van der Waals surface area contributed by atoms with Gasteiger partial charge in [0.15, 0.2) is 0 Å². The van der Waals surface area contributed by atoms with Gasteiger partial charge in [-0.1, -0.05) is 0 Å². The maximum absolute atomic E-state index is 11.6. The molecular formula is C12H13IN2O3. The van der Waals surface area contributed by atoms with Gasteiger partial charge >= 0.3 is 5.97 Å². The molecule has 0 saturated heterocycles. The Morgan fingerprint density at radius 2 is 2.22 bits per heavy atom. The molecule has 0 aliphatic rings. The van der Waals surface area contributed by atoms with E-state index in [1.165, 1.54) is 7.11 Å². The number of hydrogen-bond acceptors (Lipinski definition) is 4. The number of nitrogens with zero attached hydrogens (tertiary/aromatic N) is 2. The number of methoxy groups -OCH3 is 2. The molecule has 6 heteroatoms. The molecule has 0 atom stereocenters. The van der Waals surface area contributed by atoms with Crippen molar-refractivity contribution in [3.8, 4) is 0 Å². The van der Waals surface area contributed by atoms with Crippen LogP contribution in [-0.2, 0) is 16.0 Å². The van der Waals surface area contributed by atoms with Crippen LogP contribution in [0.25, 0.3) is 11.0 Å². The quantitative estimate of drug-likeness (QED) is 0.619. The molecule has 0 aliphatic heterocycles. The summed E-state index contributed by atoms with van der Waals surface area (Å²) in [6, 6.07) is 3.58. The molecule has 2 aromatic rings. The molecule has 2 rings (SSSR count). The number of fused-ring (bicyclic) bond motifs is 1. The Labute approximate surface area is 118 Å². The minimum Gasteiger partial charge on any atom is -0.465 e. The Balaban J connectivity index is 2.50. The van der Waals surface area contributed by atoms with Gasteiger partial charge in [0.2, 0.25) is 0 Å². The highest BCUT2D eigenvalue weighted by Gasteiger charge is 2.12. The van der Waals surface area contributed by atoms with Crippen molar-refractivity contribution < 1.29 is 14.3 Å². The Kier molecular flexibility index (Phi) is 4.18. The van der Waals surface area contributed by atoms with Crippen LogP contribution < -0.4 is 0 Å². The van der Waals surface area contributed by atoms with Crippen molar-refractivity contribution in [2.75, 3.05) is 20.8 Å². The van der Waals surface area contributed by atoms with E-state index in [0.717, 1.165) is 14.6 Å². The van der Waals surface area contributed by atoms with E-state index >= 15 is 0 Å². The van der Waals surface area contributed by atoms with Crippen LogP contribution in [0.1, 0.15) is 10.4 Å². The molecule has 0 fully saturated rings. The predicted octanol–water partition coefficient (Wildman–Crippen LogP) is 2.07. The minimum atomic E-state index is -0.339. The van der Waals surface area contributed by atoms with Gasteiger partial charge < -0.3 is 14.0 Å². The van der Waals surface area contributed by atoms with Crippen molar-refractivity contribution >= 4 is 39.6 Å². The molecule has 18 heavy (non-hydrogen) atoms. The zero-order valence-electron chi connectivity index (χ0n) is 10.1. The summed E-state index contributed by atoms with van der Waals surface area (Å²) in [7, 11) is 3.03. The third-order valence-corrected chi connectivity index (χ3v) is 3.46. The lowest BCUT2D eigenvalue weighted by Crippen LogP contribution is -2.05. The second-order valence-corrected chi connectivity index (χ2v) is 4.91. The van der Waals surface area contributed by atoms with Crippen LogP contribution in [0.15, 0.2) is 18.5 Å². The van der Waals surface area contributed by atoms with Crippen LogP contribution in [0.3, 0.4) is 0 Å². The second kappa shape index (κ2) is 5.66. The summed E-state index contributed by atoms with van der Waals surface area (Å²) in [6.45, 7) is 1.30. The topological polar surface area (TPSA) is 53.4 Å². The van der Waals surface area contributed by atoms with E-state index in [1.54, 1.807) is 25.6 Å². The van der Waals surface area contributed by atoms with E-state index in [0.29, 0.717) is 18.7 Å². The third-order valence-electron chi connectivity index (χ3n) is 2.64. The number of halogens is 1. The highest BCUT2D eigenvalue weighted by molar-refractivity contribution is 14.1. The van der Waals surface area contributed by atoms with Gasteiger partial charge in [-0.05, 0) is 34.7 Å². The van der Waals surface area contributed by atoms with Gasteiger partial charge in [-0.25, -0.2) is 9.78 Å². The van der Waals surface area contributed by atoms with Gasteiger partial charge in [-0.15, -0.1) is 0 Å². The number of rotatable bonds is 4. The zero-order valence-corrected chi connectivity index (χ0v) is 12.3. The van der Waals surface area contributed by atoms with Gasteiger partial charge in [-0.2, -0.15) is 0 Å². The Hall–Kier alpha value is -1.15. The number of esters is 1. The first-order chi connectivity index (χ1) is 8.67. The van der Waals surface area contributed by atoms with Crippen molar-refractivity contribution in [2.45, 2.75) is 6.54 Å². The van der Waals surface area contributed by atoms with E-state index in [4.69, 9.17) is 9.47 Å². The number of hydrogen-bond donors (Lipinski definition) is 0. The second-order valence-electron chi connectivity index (χ2n) is 3.75. The summed E-state index contributed by atoms with van der Waals surface area (Å²) in [6.07, 6.45) is 1.76. The fourth-order valence-corrected chi connectivity index (χ4v) is 2.48. The first-order valence-corrected chi connectivity index (χ1v) is 6.47. The highest BCUT2D eigenvalue weighted by Crippen LogP contribution is 2.22. The number of carbonyl (C=O) groups excluding carboxylic acids is 1. The molecule has 0 bridgehead atoms. The molecule has 0 amide bonds. The Morgan fingerprint density at radius 1 is 1.44 bits per heavy atom. The molecule has 0 aliphatic carbocycles. The number of aromatic nitrogens is 2. The van der Waals surface area contributed by atoms with Crippen molar-refractivity contribution in [1.82, 2.24) is 9.55 Å². The van der Waals surface area contributed by atoms with E-state index in [-0.39, 0.29) is 5.97 Å². The lowest BCUT2D eigenvalue weighted by atomic mass is 10.2. The van der Waals surface area contributed by atoms with Crippen molar-refractivity contribution in [2.24, 2.45) is 0 Å². The van der Waals surface area contributed by atoms with Crippen LogP contribution in [0.4, 0.5) is 0 Å². The molecule has 0 spiro atoms. The lowest BCUT2D eigenvalue weighted by Gasteiger charge is -2.05. The Morgan fingerprint density at radius 3 is 2.89 bits per heavy atom. The van der Waals surface area contributed by atoms with Crippen LogP contribution in [0, 0.1) is 3.57 Å². The summed E-state index contributed by atoms with van der Waals surface area (Å²) in [5.41, 5.74) is 2.34. The van der Waals surface area contributed by atoms with Crippen LogP contribution in [0.5, 0.6) is 0 Å². The predicted molar refractivity (Wildman–Crippen MR) is 75.7 cm³/mol. The van der Waals surface area contributed by atoms with Gasteiger partial charge in [0.05, 0.1) is 31.1 Å². The number of ether oxygens (including phenoxy) is 2. The smallest absolute Gasteiger partial charge is 0.337 e. The molecule has 1 heterocycles. The normalized spacial score (nSPS) is 10.8. The highest BCUT2D eigenvalue weighted by atomic mass is 127. The maximum atomic E-state index is 11.6. The minimum absolute atomic E-state index is 0.339. The van der Waals surface area contributed by atoms with E-state index in [1.807, 2.05) is 4.57 Å². The first-order valence-electron chi connectivity index (χ1n) is 5.39. The fourth-order valence-electron chi connectivity index (χ4n) is 1.72. The average molecular weight is 360 g/mol. The van der Waals surface area contributed by atoms with Gasteiger partial charge in [0.25, 0.3) is 0 Å². The summed E-state index contributed by atoms with van der Waals surface area (Å²) < 4.78 is 12.7. The van der Waals surface area contributed by atoms with Crippen LogP contribution in [0.2, 0.25) is 0 Å². The number of carbonyl (C=O) groups is 1. The molecule has 0 radical (unpaired) electrons. The Bertz CT molecular complexity index is 580. The summed E-state index contributed by atoms with van der Waals surface area (Å²) >= 11 is 2.17. The lowest BCUT2D eigenvalue weighted by molar-refractivity contribution is 0.0601. The van der Waals surface area contributed by atoms with Crippen molar-refractivity contribution in [3.05, 3.63) is 27.6 Å². The third kappa shape index (κ3) is 2.49. The first kappa shape index (κ1) is 13.3. The molecular weight excluding hydrogens is 347 g/mol. The van der Waals surface area contributed by atoms with Crippen molar-refractivity contribution in [1.29, 1.82) is 0 Å². The largest absolute Gasteiger partial charge is 0.465 e. The maximum Gasteiger partial charge on any atom is 0.337 e. The molecule has 0 unspecified atom stereocenters. The van der Waals surface area contributed by atoms with Gasteiger partial charge in [-0.3, -0.25) is 0 Å². The van der Waals surface area contributed by atoms with Gasteiger partial charge in [0, 0.05) is 17.2 Å². The van der Waals surface area contributed by atoms with Crippen molar-refractivity contribution in [3.63, 3.8) is 0 Å².